The first-order chi connectivity index (χ1) is 12.6. The first-order valence-corrected chi connectivity index (χ1v) is 9.02. The van der Waals surface area contributed by atoms with Gasteiger partial charge in [-0.2, -0.15) is 0 Å². The highest BCUT2D eigenvalue weighted by Gasteiger charge is 2.24. The summed E-state index contributed by atoms with van der Waals surface area (Å²) in [5.74, 6) is 0.824. The Morgan fingerprint density at radius 1 is 1.19 bits per heavy atom. The number of para-hydroxylation sites is 1. The molecule has 7 nitrogen and oxygen atoms in total. The van der Waals surface area contributed by atoms with Gasteiger partial charge in [-0.3, -0.25) is 9.59 Å². The van der Waals surface area contributed by atoms with Gasteiger partial charge in [-0.05, 0) is 18.9 Å². The van der Waals surface area contributed by atoms with Crippen molar-refractivity contribution in [3.8, 4) is 5.75 Å². The number of ether oxygens (including phenoxy) is 2. The Morgan fingerprint density at radius 3 is 2.56 bits per heavy atom. The molecule has 2 rings (SSSR count). The Morgan fingerprint density at radius 2 is 1.89 bits per heavy atom. The summed E-state index contributed by atoms with van der Waals surface area (Å²) in [6, 6.07) is 7.71. The molecule has 0 bridgehead atoms. The van der Waals surface area contributed by atoms with Crippen molar-refractivity contribution in [1.82, 2.24) is 15.5 Å². The summed E-state index contributed by atoms with van der Waals surface area (Å²) in [7, 11) is 3.24. The molecule has 1 aliphatic heterocycles. The van der Waals surface area contributed by atoms with Crippen LogP contribution in [-0.4, -0.2) is 69.8 Å². The van der Waals surface area contributed by atoms with E-state index in [9.17, 15) is 9.59 Å². The highest BCUT2D eigenvalue weighted by molar-refractivity contribution is 5.85. The van der Waals surface area contributed by atoms with Crippen LogP contribution >= 0.6 is 12.4 Å². The van der Waals surface area contributed by atoms with Crippen LogP contribution in [0.1, 0.15) is 18.4 Å². The molecule has 0 aliphatic carbocycles. The van der Waals surface area contributed by atoms with Gasteiger partial charge in [0.15, 0.2) is 0 Å². The van der Waals surface area contributed by atoms with Crippen LogP contribution in [0, 0.1) is 0 Å². The first kappa shape index (κ1) is 23.2. The highest BCUT2D eigenvalue weighted by atomic mass is 35.5. The molecule has 0 radical (unpaired) electrons. The molecule has 2 N–H and O–H groups in total. The van der Waals surface area contributed by atoms with Crippen molar-refractivity contribution in [3.63, 3.8) is 0 Å². The summed E-state index contributed by atoms with van der Waals surface area (Å²) in [6.07, 6.45) is 1.90. The van der Waals surface area contributed by atoms with Gasteiger partial charge < -0.3 is 25.0 Å². The number of carbonyl (C=O) groups excluding carboxylic acids is 2. The SMILES string of the molecule is COCCNCC(=O)NC1CCN(C(=O)Cc2ccccc2OC)CC1.Cl. The minimum absolute atomic E-state index is 0. The van der Waals surface area contributed by atoms with Gasteiger partial charge in [0, 0.05) is 38.3 Å². The van der Waals surface area contributed by atoms with Crippen LogP contribution in [0.25, 0.3) is 0 Å². The van der Waals surface area contributed by atoms with Crippen molar-refractivity contribution in [2.75, 3.05) is 47.0 Å². The topological polar surface area (TPSA) is 79.9 Å². The summed E-state index contributed by atoms with van der Waals surface area (Å²) in [5, 5.41) is 6.05. The van der Waals surface area contributed by atoms with E-state index in [1.54, 1.807) is 14.2 Å². The Kier molecular flexibility index (Phi) is 10.8. The van der Waals surface area contributed by atoms with E-state index in [4.69, 9.17) is 9.47 Å². The summed E-state index contributed by atoms with van der Waals surface area (Å²) in [6.45, 7) is 2.85. The number of benzene rings is 1. The zero-order chi connectivity index (χ0) is 18.8. The van der Waals surface area contributed by atoms with Crippen molar-refractivity contribution >= 4 is 24.2 Å². The van der Waals surface area contributed by atoms with Gasteiger partial charge in [-0.25, -0.2) is 0 Å². The minimum Gasteiger partial charge on any atom is -0.496 e. The molecule has 0 saturated carbocycles. The third kappa shape index (κ3) is 7.74. The third-order valence-electron chi connectivity index (χ3n) is 4.52. The van der Waals surface area contributed by atoms with Crippen LogP contribution in [0.5, 0.6) is 5.75 Å². The monoisotopic (exact) mass is 399 g/mol. The van der Waals surface area contributed by atoms with Gasteiger partial charge in [0.25, 0.3) is 0 Å². The lowest BCUT2D eigenvalue weighted by atomic mass is 10.0. The van der Waals surface area contributed by atoms with Crippen molar-refractivity contribution in [3.05, 3.63) is 29.8 Å². The van der Waals surface area contributed by atoms with E-state index in [0.29, 0.717) is 32.7 Å². The van der Waals surface area contributed by atoms with E-state index in [1.165, 1.54) is 0 Å². The maximum atomic E-state index is 12.5. The summed E-state index contributed by atoms with van der Waals surface area (Å²) >= 11 is 0. The molecule has 1 saturated heterocycles. The van der Waals surface area contributed by atoms with E-state index in [0.717, 1.165) is 24.2 Å². The Bertz CT molecular complexity index is 592. The number of rotatable bonds is 9. The fraction of sp³-hybridized carbons (Fsp3) is 0.579. The lowest BCUT2D eigenvalue weighted by molar-refractivity contribution is -0.131. The Labute approximate surface area is 167 Å². The normalized spacial score (nSPS) is 14.4. The minimum atomic E-state index is -0.0140. The number of carbonyl (C=O) groups is 2. The Hall–Kier alpha value is -1.83. The predicted molar refractivity (Wildman–Crippen MR) is 106 cm³/mol. The second kappa shape index (κ2) is 12.5. The van der Waals surface area contributed by atoms with Crippen LogP contribution in [0.4, 0.5) is 0 Å². The number of amides is 2. The molecule has 0 unspecified atom stereocenters. The fourth-order valence-corrected chi connectivity index (χ4v) is 3.05. The smallest absolute Gasteiger partial charge is 0.234 e. The molecule has 1 aromatic carbocycles. The van der Waals surface area contributed by atoms with Crippen molar-refractivity contribution < 1.29 is 19.1 Å². The maximum absolute atomic E-state index is 12.5. The number of hydrogen-bond acceptors (Lipinski definition) is 5. The summed E-state index contributed by atoms with van der Waals surface area (Å²) < 4.78 is 10.2. The number of nitrogens with zero attached hydrogens (tertiary/aromatic N) is 1. The van der Waals surface area contributed by atoms with E-state index in [2.05, 4.69) is 10.6 Å². The molecule has 1 aliphatic rings. The molecule has 0 atom stereocenters. The average Bonchev–Trinajstić information content (AvgIpc) is 2.66. The molecule has 0 aromatic heterocycles. The molecule has 1 heterocycles. The summed E-state index contributed by atoms with van der Waals surface area (Å²) in [5.41, 5.74) is 0.901. The number of halogens is 1. The zero-order valence-corrected chi connectivity index (χ0v) is 16.8. The number of nitrogens with one attached hydrogen (secondary N) is 2. The second-order valence-electron chi connectivity index (χ2n) is 6.38. The van der Waals surface area contributed by atoms with E-state index in [-0.39, 0.29) is 36.8 Å². The van der Waals surface area contributed by atoms with Crippen molar-refractivity contribution in [1.29, 1.82) is 0 Å². The van der Waals surface area contributed by atoms with E-state index < -0.39 is 0 Å². The molecule has 1 aromatic rings. The zero-order valence-electron chi connectivity index (χ0n) is 16.0. The number of methoxy groups -OCH3 is 2. The molecule has 8 heteroatoms. The average molecular weight is 400 g/mol. The van der Waals surface area contributed by atoms with Gasteiger partial charge in [0.05, 0.1) is 26.7 Å². The number of likely N-dealkylation sites (tertiary alicyclic amines) is 1. The highest BCUT2D eigenvalue weighted by Crippen LogP contribution is 2.19. The largest absolute Gasteiger partial charge is 0.496 e. The summed E-state index contributed by atoms with van der Waals surface area (Å²) in [4.78, 5) is 26.3. The molecule has 27 heavy (non-hydrogen) atoms. The fourth-order valence-electron chi connectivity index (χ4n) is 3.05. The lowest BCUT2D eigenvalue weighted by Crippen LogP contribution is -2.48. The molecule has 1 fully saturated rings. The molecule has 152 valence electrons. The van der Waals surface area contributed by atoms with Gasteiger partial charge >= 0.3 is 0 Å². The number of piperidine rings is 1. The number of hydrogen-bond donors (Lipinski definition) is 2. The van der Waals surface area contributed by atoms with Gasteiger partial charge in [0.1, 0.15) is 5.75 Å². The standard InChI is InChI=1S/C19H29N3O4.ClH/c1-25-12-9-20-14-18(23)21-16-7-10-22(11-8-16)19(24)13-15-5-3-4-6-17(15)26-2;/h3-6,16,20H,7-14H2,1-2H3,(H,21,23);1H. The maximum Gasteiger partial charge on any atom is 0.234 e. The quantitative estimate of drug-likeness (QED) is 0.606. The molecular weight excluding hydrogens is 370 g/mol. The van der Waals surface area contributed by atoms with Gasteiger partial charge in [-0.1, -0.05) is 18.2 Å². The molecular formula is C19H30ClN3O4. The predicted octanol–water partition coefficient (Wildman–Crippen LogP) is 1.00. The van der Waals surface area contributed by atoms with Crippen LogP contribution in [-0.2, 0) is 20.7 Å². The van der Waals surface area contributed by atoms with Gasteiger partial charge in [-0.15, -0.1) is 12.4 Å². The van der Waals surface area contributed by atoms with Gasteiger partial charge in [0.2, 0.25) is 11.8 Å². The lowest BCUT2D eigenvalue weighted by Gasteiger charge is -2.32. The Balaban J connectivity index is 0.00000364. The van der Waals surface area contributed by atoms with Crippen molar-refractivity contribution in [2.45, 2.75) is 25.3 Å². The van der Waals surface area contributed by atoms with E-state index in [1.807, 2.05) is 29.2 Å². The van der Waals surface area contributed by atoms with Crippen LogP contribution in [0.3, 0.4) is 0 Å². The first-order valence-electron chi connectivity index (χ1n) is 9.02. The van der Waals surface area contributed by atoms with Crippen molar-refractivity contribution in [2.24, 2.45) is 0 Å². The van der Waals surface area contributed by atoms with Crippen LogP contribution < -0.4 is 15.4 Å². The van der Waals surface area contributed by atoms with E-state index >= 15 is 0 Å². The molecule has 2 amide bonds. The second-order valence-corrected chi connectivity index (χ2v) is 6.38. The van der Waals surface area contributed by atoms with Crippen LogP contribution in [0.2, 0.25) is 0 Å². The third-order valence-corrected chi connectivity index (χ3v) is 4.52. The van der Waals surface area contributed by atoms with Crippen LogP contribution in [0.15, 0.2) is 24.3 Å². The molecule has 0 spiro atoms.